The van der Waals surface area contributed by atoms with Gasteiger partial charge in [-0.25, -0.2) is 0 Å². The van der Waals surface area contributed by atoms with Crippen molar-refractivity contribution < 1.29 is 19.1 Å². The Bertz CT molecular complexity index is 630. The highest BCUT2D eigenvalue weighted by Crippen LogP contribution is 2.38. The van der Waals surface area contributed by atoms with E-state index in [0.29, 0.717) is 18.2 Å². The highest BCUT2D eigenvalue weighted by Gasteiger charge is 2.39. The average Bonchev–Trinajstić information content (AvgIpc) is 3.40. The summed E-state index contributed by atoms with van der Waals surface area (Å²) in [5.74, 6) is 0.572. The van der Waals surface area contributed by atoms with Gasteiger partial charge >= 0.3 is 0 Å². The monoisotopic (exact) mass is 360 g/mol. The second-order valence-electron chi connectivity index (χ2n) is 7.41. The summed E-state index contributed by atoms with van der Waals surface area (Å²) < 4.78 is 11.0. The third kappa shape index (κ3) is 4.97. The lowest BCUT2D eigenvalue weighted by atomic mass is 9.77. The molecule has 0 aromatic heterocycles. The van der Waals surface area contributed by atoms with Crippen LogP contribution >= 0.6 is 0 Å². The zero-order chi connectivity index (χ0) is 18.6. The van der Waals surface area contributed by atoms with Gasteiger partial charge < -0.3 is 20.1 Å². The highest BCUT2D eigenvalue weighted by atomic mass is 16.5. The van der Waals surface area contributed by atoms with Crippen molar-refractivity contribution in [3.8, 4) is 5.75 Å². The van der Waals surface area contributed by atoms with Crippen LogP contribution < -0.4 is 15.4 Å². The molecular weight excluding hydrogens is 332 g/mol. The Labute approximate surface area is 154 Å². The Morgan fingerprint density at radius 1 is 1.19 bits per heavy atom. The number of carbonyl (C=O) groups is 2. The lowest BCUT2D eigenvalue weighted by molar-refractivity contribution is -0.134. The van der Waals surface area contributed by atoms with E-state index in [0.717, 1.165) is 37.7 Å². The van der Waals surface area contributed by atoms with Crippen molar-refractivity contribution in [3.63, 3.8) is 0 Å². The molecule has 3 rings (SSSR count). The number of carbonyl (C=O) groups excluding carboxylic acids is 2. The molecule has 1 aromatic rings. The molecule has 0 spiro atoms. The molecule has 1 atom stereocenters. The number of methoxy groups -OCH3 is 1. The molecule has 2 saturated carbocycles. The summed E-state index contributed by atoms with van der Waals surface area (Å²) in [7, 11) is 1.68. The SMILES string of the molecule is COC1(CC(=O)N[C@@H](C)c2ccc(OCC(=O)NC3CC3)cc2)CCC1. The molecule has 0 bridgehead atoms. The third-order valence-corrected chi connectivity index (χ3v) is 5.25. The Morgan fingerprint density at radius 2 is 1.88 bits per heavy atom. The predicted molar refractivity (Wildman–Crippen MR) is 97.9 cm³/mol. The fourth-order valence-electron chi connectivity index (χ4n) is 3.19. The minimum absolute atomic E-state index is 0.0103. The van der Waals surface area contributed by atoms with E-state index < -0.39 is 0 Å². The molecule has 26 heavy (non-hydrogen) atoms. The first-order valence-corrected chi connectivity index (χ1v) is 9.36. The maximum absolute atomic E-state index is 12.3. The lowest BCUT2D eigenvalue weighted by Crippen LogP contribution is -2.44. The van der Waals surface area contributed by atoms with Gasteiger partial charge in [0.2, 0.25) is 5.91 Å². The molecule has 6 heteroatoms. The van der Waals surface area contributed by atoms with E-state index in [2.05, 4.69) is 10.6 Å². The van der Waals surface area contributed by atoms with Crippen LogP contribution in [0.15, 0.2) is 24.3 Å². The van der Waals surface area contributed by atoms with Crippen molar-refractivity contribution in [2.24, 2.45) is 0 Å². The summed E-state index contributed by atoms with van der Waals surface area (Å²) >= 11 is 0. The molecule has 0 radical (unpaired) electrons. The van der Waals surface area contributed by atoms with E-state index in [9.17, 15) is 9.59 Å². The van der Waals surface area contributed by atoms with Crippen LogP contribution in [0.2, 0.25) is 0 Å². The van der Waals surface area contributed by atoms with Crippen LogP contribution in [0.5, 0.6) is 5.75 Å². The molecule has 0 saturated heterocycles. The van der Waals surface area contributed by atoms with Crippen LogP contribution in [0.1, 0.15) is 57.1 Å². The van der Waals surface area contributed by atoms with Crippen molar-refractivity contribution in [2.45, 2.75) is 63.1 Å². The molecule has 2 amide bonds. The standard InChI is InChI=1S/C20H28N2O4/c1-14(21-18(23)12-20(25-2)10-3-11-20)15-4-8-17(9-5-15)26-13-19(24)22-16-6-7-16/h4-5,8-9,14,16H,3,6-7,10-13H2,1-2H3,(H,21,23)(H,22,24)/t14-/m0/s1. The number of ether oxygens (including phenoxy) is 2. The summed E-state index contributed by atoms with van der Waals surface area (Å²) in [5.41, 5.74) is 0.732. The smallest absolute Gasteiger partial charge is 0.258 e. The molecule has 2 aliphatic rings. The second kappa shape index (κ2) is 8.08. The summed E-state index contributed by atoms with van der Waals surface area (Å²) in [6.07, 6.45) is 5.56. The Hall–Kier alpha value is -2.08. The van der Waals surface area contributed by atoms with Gasteiger partial charge in [0.05, 0.1) is 18.1 Å². The predicted octanol–water partition coefficient (Wildman–Crippen LogP) is 2.48. The van der Waals surface area contributed by atoms with E-state index in [-0.39, 0.29) is 30.1 Å². The molecule has 0 aliphatic heterocycles. The molecule has 2 N–H and O–H groups in total. The van der Waals surface area contributed by atoms with Crippen molar-refractivity contribution in [3.05, 3.63) is 29.8 Å². The zero-order valence-electron chi connectivity index (χ0n) is 15.5. The summed E-state index contributed by atoms with van der Waals surface area (Å²) in [6.45, 7) is 1.98. The number of hydrogen-bond acceptors (Lipinski definition) is 4. The molecule has 0 heterocycles. The van der Waals surface area contributed by atoms with E-state index >= 15 is 0 Å². The highest BCUT2D eigenvalue weighted by molar-refractivity contribution is 5.78. The Balaban J connectivity index is 1.44. The van der Waals surface area contributed by atoms with Gasteiger partial charge in [-0.3, -0.25) is 9.59 Å². The topological polar surface area (TPSA) is 76.7 Å². The summed E-state index contributed by atoms with van der Waals surface area (Å²) in [4.78, 5) is 23.9. The van der Waals surface area contributed by atoms with Crippen LogP contribution in [-0.4, -0.2) is 37.2 Å². The van der Waals surface area contributed by atoms with Gasteiger partial charge in [0, 0.05) is 13.2 Å². The minimum Gasteiger partial charge on any atom is -0.484 e. The number of rotatable bonds is 9. The molecule has 2 aliphatic carbocycles. The molecule has 1 aromatic carbocycles. The normalized spacial score (nSPS) is 19.2. The van der Waals surface area contributed by atoms with E-state index in [1.54, 1.807) is 7.11 Å². The third-order valence-electron chi connectivity index (χ3n) is 5.25. The molecule has 0 unspecified atom stereocenters. The summed E-state index contributed by atoms with van der Waals surface area (Å²) in [5, 5.41) is 5.92. The molecular formula is C20H28N2O4. The number of benzene rings is 1. The molecule has 142 valence electrons. The number of nitrogens with one attached hydrogen (secondary N) is 2. The Morgan fingerprint density at radius 3 is 2.42 bits per heavy atom. The van der Waals surface area contributed by atoms with Crippen LogP contribution in [0.3, 0.4) is 0 Å². The van der Waals surface area contributed by atoms with Gasteiger partial charge in [0.15, 0.2) is 6.61 Å². The first-order chi connectivity index (χ1) is 12.5. The largest absolute Gasteiger partial charge is 0.484 e. The molecule has 6 nitrogen and oxygen atoms in total. The minimum atomic E-state index is -0.261. The van der Waals surface area contributed by atoms with Gasteiger partial charge in [-0.2, -0.15) is 0 Å². The van der Waals surface area contributed by atoms with Crippen LogP contribution in [0.25, 0.3) is 0 Å². The van der Waals surface area contributed by atoms with Crippen LogP contribution in [0.4, 0.5) is 0 Å². The second-order valence-corrected chi connectivity index (χ2v) is 7.41. The fraction of sp³-hybridized carbons (Fsp3) is 0.600. The fourth-order valence-corrected chi connectivity index (χ4v) is 3.19. The summed E-state index contributed by atoms with van der Waals surface area (Å²) in [6, 6.07) is 7.72. The lowest BCUT2D eigenvalue weighted by Gasteiger charge is -2.40. The van der Waals surface area contributed by atoms with Gasteiger partial charge in [-0.1, -0.05) is 12.1 Å². The van der Waals surface area contributed by atoms with Gasteiger partial charge in [0.1, 0.15) is 5.75 Å². The maximum Gasteiger partial charge on any atom is 0.258 e. The number of hydrogen-bond donors (Lipinski definition) is 2. The average molecular weight is 360 g/mol. The van der Waals surface area contributed by atoms with Crippen LogP contribution in [0, 0.1) is 0 Å². The van der Waals surface area contributed by atoms with E-state index in [4.69, 9.17) is 9.47 Å². The van der Waals surface area contributed by atoms with Gasteiger partial charge in [-0.05, 0) is 56.7 Å². The number of amides is 2. The van der Waals surface area contributed by atoms with Crippen molar-refractivity contribution in [1.29, 1.82) is 0 Å². The first-order valence-electron chi connectivity index (χ1n) is 9.36. The van der Waals surface area contributed by atoms with Crippen molar-refractivity contribution in [2.75, 3.05) is 13.7 Å². The zero-order valence-corrected chi connectivity index (χ0v) is 15.5. The van der Waals surface area contributed by atoms with Crippen molar-refractivity contribution in [1.82, 2.24) is 10.6 Å². The maximum atomic E-state index is 12.3. The van der Waals surface area contributed by atoms with Gasteiger partial charge in [0.25, 0.3) is 5.91 Å². The van der Waals surface area contributed by atoms with E-state index in [1.807, 2.05) is 31.2 Å². The molecule has 2 fully saturated rings. The Kier molecular flexibility index (Phi) is 5.81. The van der Waals surface area contributed by atoms with Crippen molar-refractivity contribution >= 4 is 11.8 Å². The van der Waals surface area contributed by atoms with E-state index in [1.165, 1.54) is 0 Å². The van der Waals surface area contributed by atoms with Gasteiger partial charge in [-0.15, -0.1) is 0 Å². The van der Waals surface area contributed by atoms with Crippen LogP contribution in [-0.2, 0) is 14.3 Å². The first kappa shape index (κ1) is 18.7. The quantitative estimate of drug-likeness (QED) is 0.709.